The summed E-state index contributed by atoms with van der Waals surface area (Å²) in [6.07, 6.45) is -0.0701. The lowest BCUT2D eigenvalue weighted by Crippen LogP contribution is -2.32. The van der Waals surface area contributed by atoms with Gasteiger partial charge in [-0.3, -0.25) is 19.1 Å². The van der Waals surface area contributed by atoms with Crippen molar-refractivity contribution in [3.05, 3.63) is 117 Å². The van der Waals surface area contributed by atoms with Crippen LogP contribution in [0, 0.1) is 6.92 Å². The molecule has 0 bridgehead atoms. The molecule has 1 heterocycles. The number of rotatable bonds is 7. The van der Waals surface area contributed by atoms with Crippen molar-refractivity contribution in [1.29, 1.82) is 0 Å². The molecular formula is C27H25ClN4O3. The van der Waals surface area contributed by atoms with Gasteiger partial charge in [0.25, 0.3) is 11.5 Å². The number of nitrogens with one attached hydrogen (secondary N) is 2. The van der Waals surface area contributed by atoms with E-state index in [0.29, 0.717) is 22.0 Å². The molecule has 2 N–H and O–H groups in total. The van der Waals surface area contributed by atoms with E-state index in [0.717, 1.165) is 5.56 Å². The second kappa shape index (κ2) is 10.4. The highest BCUT2D eigenvalue weighted by Gasteiger charge is 2.23. The van der Waals surface area contributed by atoms with Crippen molar-refractivity contribution < 1.29 is 9.59 Å². The van der Waals surface area contributed by atoms with Gasteiger partial charge in [0.05, 0.1) is 34.4 Å². The van der Waals surface area contributed by atoms with E-state index in [1.807, 2.05) is 60.7 Å². The summed E-state index contributed by atoms with van der Waals surface area (Å²) >= 11 is 6.18. The molecule has 178 valence electrons. The average Bonchev–Trinajstić information content (AvgIpc) is 3.07. The monoisotopic (exact) mass is 488 g/mol. The molecule has 4 rings (SSSR count). The lowest BCUT2D eigenvalue weighted by atomic mass is 10.0. The lowest BCUT2D eigenvalue weighted by Gasteiger charge is -2.19. The molecule has 1 unspecified atom stereocenters. The highest BCUT2D eigenvalue weighted by Crippen LogP contribution is 2.22. The molecule has 3 aromatic carbocycles. The Hall–Kier alpha value is -4.10. The van der Waals surface area contributed by atoms with Crippen LogP contribution >= 0.6 is 11.6 Å². The molecule has 0 saturated carbocycles. The summed E-state index contributed by atoms with van der Waals surface area (Å²) in [4.78, 5) is 39.2. The molecule has 0 spiro atoms. The van der Waals surface area contributed by atoms with Gasteiger partial charge in [0.15, 0.2) is 0 Å². The van der Waals surface area contributed by atoms with Crippen molar-refractivity contribution in [2.45, 2.75) is 19.4 Å². The summed E-state index contributed by atoms with van der Waals surface area (Å²) < 4.78 is 3.19. The Balaban J connectivity index is 1.58. The zero-order valence-corrected chi connectivity index (χ0v) is 20.1. The first-order valence-corrected chi connectivity index (χ1v) is 11.5. The van der Waals surface area contributed by atoms with Crippen molar-refractivity contribution in [2.75, 3.05) is 5.32 Å². The summed E-state index contributed by atoms with van der Waals surface area (Å²) in [6, 6.07) is 24.5. The number of aromatic nitrogens is 2. The van der Waals surface area contributed by atoms with Crippen LogP contribution < -0.4 is 16.2 Å². The van der Waals surface area contributed by atoms with E-state index >= 15 is 0 Å². The molecule has 1 aromatic heterocycles. The molecule has 8 heteroatoms. The molecule has 35 heavy (non-hydrogen) atoms. The van der Waals surface area contributed by atoms with Gasteiger partial charge in [-0.2, -0.15) is 0 Å². The topological polar surface area (TPSA) is 85.1 Å². The van der Waals surface area contributed by atoms with Crippen LogP contribution in [-0.4, -0.2) is 21.2 Å². The smallest absolute Gasteiger partial charge is 0.295 e. The van der Waals surface area contributed by atoms with Crippen molar-refractivity contribution in [3.63, 3.8) is 0 Å². The lowest BCUT2D eigenvalue weighted by molar-refractivity contribution is -0.116. The SMILES string of the molecule is Cc1c(NC(=O)CC(NC(=O)c2ccccc2Cl)c2ccccc2)c(=O)n(-c2ccccc2)n1C. The zero-order valence-electron chi connectivity index (χ0n) is 19.4. The zero-order chi connectivity index (χ0) is 24.9. The summed E-state index contributed by atoms with van der Waals surface area (Å²) in [5.74, 6) is -0.788. The summed E-state index contributed by atoms with van der Waals surface area (Å²) in [7, 11) is 1.76. The number of hydrogen-bond acceptors (Lipinski definition) is 3. The third-order valence-electron chi connectivity index (χ3n) is 5.83. The molecule has 2 amide bonds. The van der Waals surface area contributed by atoms with E-state index in [1.165, 1.54) is 4.68 Å². The van der Waals surface area contributed by atoms with Crippen LogP contribution in [-0.2, 0) is 11.8 Å². The Bertz CT molecular complexity index is 1410. The Morgan fingerprint density at radius 1 is 0.914 bits per heavy atom. The maximum Gasteiger partial charge on any atom is 0.295 e. The number of carbonyl (C=O) groups excluding carboxylic acids is 2. The predicted octanol–water partition coefficient (Wildman–Crippen LogP) is 4.64. The standard InChI is InChI=1S/C27H25ClN4O3/c1-18-25(27(35)32(31(18)2)20-13-7-4-8-14-20)30-24(33)17-23(19-11-5-3-6-12-19)29-26(34)21-15-9-10-16-22(21)28/h3-16,23H,17H2,1-2H3,(H,29,34)(H,30,33). The number of nitrogens with zero attached hydrogens (tertiary/aromatic N) is 2. The molecule has 0 aliphatic carbocycles. The van der Waals surface area contributed by atoms with Crippen LogP contribution in [0.2, 0.25) is 5.02 Å². The van der Waals surface area contributed by atoms with Crippen LogP contribution in [0.1, 0.15) is 34.1 Å². The number of halogens is 1. The van der Waals surface area contributed by atoms with Gasteiger partial charge in [-0.15, -0.1) is 0 Å². The molecular weight excluding hydrogens is 464 g/mol. The second-order valence-corrected chi connectivity index (χ2v) is 8.51. The van der Waals surface area contributed by atoms with Crippen LogP contribution in [0.5, 0.6) is 0 Å². The van der Waals surface area contributed by atoms with Crippen LogP contribution in [0.4, 0.5) is 5.69 Å². The summed E-state index contributed by atoms with van der Waals surface area (Å²) in [6.45, 7) is 1.77. The van der Waals surface area contributed by atoms with Crippen LogP contribution in [0.3, 0.4) is 0 Å². The van der Waals surface area contributed by atoms with Gasteiger partial charge in [0.2, 0.25) is 5.91 Å². The first-order chi connectivity index (χ1) is 16.9. The van der Waals surface area contributed by atoms with Crippen molar-refractivity contribution in [2.24, 2.45) is 7.05 Å². The van der Waals surface area contributed by atoms with Crippen LogP contribution in [0.25, 0.3) is 5.69 Å². The number of anilines is 1. The van der Waals surface area contributed by atoms with Gasteiger partial charge in [-0.25, -0.2) is 4.68 Å². The third kappa shape index (κ3) is 5.20. The summed E-state index contributed by atoms with van der Waals surface area (Å²) in [5, 5.41) is 5.99. The number of benzene rings is 3. The molecule has 0 aliphatic rings. The van der Waals surface area contributed by atoms with E-state index in [4.69, 9.17) is 11.6 Å². The minimum atomic E-state index is -0.625. The van der Waals surface area contributed by atoms with E-state index < -0.39 is 11.9 Å². The van der Waals surface area contributed by atoms with Gasteiger partial charge in [-0.1, -0.05) is 72.3 Å². The molecule has 0 radical (unpaired) electrons. The van der Waals surface area contributed by atoms with Gasteiger partial charge >= 0.3 is 0 Å². The van der Waals surface area contributed by atoms with Crippen molar-refractivity contribution >= 4 is 29.1 Å². The number of para-hydroxylation sites is 1. The summed E-state index contributed by atoms with van der Waals surface area (Å²) in [5.41, 5.74) is 2.25. The maximum absolute atomic E-state index is 13.1. The predicted molar refractivity (Wildman–Crippen MR) is 137 cm³/mol. The highest BCUT2D eigenvalue weighted by atomic mass is 35.5. The number of amides is 2. The highest BCUT2D eigenvalue weighted by molar-refractivity contribution is 6.33. The van der Waals surface area contributed by atoms with E-state index in [2.05, 4.69) is 10.6 Å². The first kappa shape index (κ1) is 24.0. The Kier molecular flexibility index (Phi) is 7.17. The second-order valence-electron chi connectivity index (χ2n) is 8.11. The van der Waals surface area contributed by atoms with Crippen molar-refractivity contribution in [3.8, 4) is 5.69 Å². The normalized spacial score (nSPS) is 11.6. The van der Waals surface area contributed by atoms with E-state index in [-0.39, 0.29) is 23.6 Å². The molecule has 1 atom stereocenters. The van der Waals surface area contributed by atoms with E-state index in [1.54, 1.807) is 42.9 Å². The minimum Gasteiger partial charge on any atom is -0.345 e. The largest absolute Gasteiger partial charge is 0.345 e. The van der Waals surface area contributed by atoms with Gasteiger partial charge in [0.1, 0.15) is 5.69 Å². The minimum absolute atomic E-state index is 0.0701. The van der Waals surface area contributed by atoms with Crippen LogP contribution in [0.15, 0.2) is 89.7 Å². The molecule has 0 fully saturated rings. The van der Waals surface area contributed by atoms with Gasteiger partial charge in [0, 0.05) is 7.05 Å². The fourth-order valence-electron chi connectivity index (χ4n) is 3.91. The Morgan fingerprint density at radius 3 is 2.17 bits per heavy atom. The Morgan fingerprint density at radius 2 is 1.51 bits per heavy atom. The van der Waals surface area contributed by atoms with Crippen molar-refractivity contribution in [1.82, 2.24) is 14.7 Å². The maximum atomic E-state index is 13.1. The fraction of sp³-hybridized carbons (Fsp3) is 0.148. The average molecular weight is 489 g/mol. The van der Waals surface area contributed by atoms with E-state index in [9.17, 15) is 14.4 Å². The third-order valence-corrected chi connectivity index (χ3v) is 6.16. The Labute approximate surface area is 207 Å². The molecule has 0 aliphatic heterocycles. The number of hydrogen-bond donors (Lipinski definition) is 2. The molecule has 4 aromatic rings. The molecule has 0 saturated heterocycles. The molecule has 7 nitrogen and oxygen atoms in total. The van der Waals surface area contributed by atoms with Gasteiger partial charge < -0.3 is 10.6 Å². The van der Waals surface area contributed by atoms with Gasteiger partial charge in [-0.05, 0) is 36.8 Å². The quantitative estimate of drug-likeness (QED) is 0.397. The first-order valence-electron chi connectivity index (χ1n) is 11.1. The fourth-order valence-corrected chi connectivity index (χ4v) is 4.13. The number of carbonyl (C=O) groups is 2.